The van der Waals surface area contributed by atoms with E-state index in [2.05, 4.69) is 10.0 Å². The lowest BCUT2D eigenvalue weighted by Gasteiger charge is -2.19. The average molecular weight is 427 g/mol. The number of benzene rings is 2. The van der Waals surface area contributed by atoms with Crippen LogP contribution in [-0.4, -0.2) is 45.2 Å². The fraction of sp³-hybridized carbons (Fsp3) is 0.316. The molecule has 2 rings (SSSR count). The number of amides is 1. The average Bonchev–Trinajstić information content (AvgIpc) is 2.68. The molecule has 0 spiro atoms. The highest BCUT2D eigenvalue weighted by Gasteiger charge is 2.26. The van der Waals surface area contributed by atoms with Gasteiger partial charge in [0.1, 0.15) is 11.8 Å². The van der Waals surface area contributed by atoms with Crippen LogP contribution in [0.15, 0.2) is 53.4 Å². The van der Waals surface area contributed by atoms with E-state index in [-0.39, 0.29) is 29.5 Å². The first-order chi connectivity index (χ1) is 13.4. The van der Waals surface area contributed by atoms with Gasteiger partial charge in [-0.2, -0.15) is 4.72 Å². The molecule has 28 heavy (non-hydrogen) atoms. The van der Waals surface area contributed by atoms with E-state index in [1.165, 1.54) is 18.2 Å². The molecule has 152 valence electrons. The van der Waals surface area contributed by atoms with E-state index in [1.54, 1.807) is 31.2 Å². The van der Waals surface area contributed by atoms with Gasteiger partial charge in [-0.05, 0) is 37.1 Å². The van der Waals surface area contributed by atoms with Gasteiger partial charge in [0.15, 0.2) is 0 Å². The molecule has 1 amide bonds. The summed E-state index contributed by atoms with van der Waals surface area (Å²) in [5.74, 6) is -0.150. The summed E-state index contributed by atoms with van der Waals surface area (Å²) in [5.41, 5.74) is 0.791. The molecule has 0 unspecified atom stereocenters. The summed E-state index contributed by atoms with van der Waals surface area (Å²) in [7, 11) is -4.02. The summed E-state index contributed by atoms with van der Waals surface area (Å²) >= 11 is 6.09. The Morgan fingerprint density at radius 3 is 2.54 bits per heavy atom. The highest BCUT2D eigenvalue weighted by Crippen LogP contribution is 2.27. The van der Waals surface area contributed by atoms with Crippen LogP contribution in [0, 0.1) is 0 Å². The summed E-state index contributed by atoms with van der Waals surface area (Å²) in [6.07, 6.45) is 0.155. The van der Waals surface area contributed by atoms with Crippen LogP contribution in [0.2, 0.25) is 5.02 Å². The first kappa shape index (κ1) is 22.2. The van der Waals surface area contributed by atoms with Gasteiger partial charge in [-0.15, -0.1) is 0 Å². The topological polar surface area (TPSA) is 105 Å². The van der Waals surface area contributed by atoms with E-state index >= 15 is 0 Å². The third-order valence-electron chi connectivity index (χ3n) is 3.82. The highest BCUT2D eigenvalue weighted by atomic mass is 35.5. The lowest BCUT2D eigenvalue weighted by atomic mass is 10.1. The van der Waals surface area contributed by atoms with Gasteiger partial charge >= 0.3 is 0 Å². The van der Waals surface area contributed by atoms with E-state index in [9.17, 15) is 13.2 Å². The second-order valence-electron chi connectivity index (χ2n) is 5.90. The van der Waals surface area contributed by atoms with Crippen molar-refractivity contribution in [2.75, 3.05) is 19.8 Å². The minimum absolute atomic E-state index is 0.0285. The molecule has 0 heterocycles. The van der Waals surface area contributed by atoms with E-state index in [1.807, 2.05) is 6.07 Å². The lowest BCUT2D eigenvalue weighted by Crippen LogP contribution is -2.48. The normalized spacial score (nSPS) is 12.4. The molecule has 0 aliphatic carbocycles. The molecule has 2 aromatic rings. The Balaban J connectivity index is 2.25. The number of ether oxygens (including phenoxy) is 1. The van der Waals surface area contributed by atoms with Crippen molar-refractivity contribution < 1.29 is 23.1 Å². The third-order valence-corrected chi connectivity index (χ3v) is 5.59. The van der Waals surface area contributed by atoms with Gasteiger partial charge in [-0.3, -0.25) is 4.79 Å². The molecule has 2 aromatic carbocycles. The molecule has 3 N–H and O–H groups in total. The minimum atomic E-state index is -4.02. The van der Waals surface area contributed by atoms with E-state index < -0.39 is 22.0 Å². The molecule has 0 saturated heterocycles. The Labute approximate surface area is 169 Å². The molecule has 0 radical (unpaired) electrons. The summed E-state index contributed by atoms with van der Waals surface area (Å²) in [6, 6.07) is 12.1. The van der Waals surface area contributed by atoms with Gasteiger partial charge < -0.3 is 15.2 Å². The number of carbonyl (C=O) groups excluding carboxylic acids is 1. The SMILES string of the molecule is CCOc1ccc(S(=O)(=O)N[C@H](Cc2ccccc2)C(=O)NCCO)cc1Cl. The Bertz CT molecular complexity index is 890. The lowest BCUT2D eigenvalue weighted by molar-refractivity contribution is -0.122. The molecule has 0 aromatic heterocycles. The predicted octanol–water partition coefficient (Wildman–Crippen LogP) is 1.74. The summed E-state index contributed by atoms with van der Waals surface area (Å²) in [4.78, 5) is 12.4. The van der Waals surface area contributed by atoms with E-state index in [4.69, 9.17) is 21.4 Å². The highest BCUT2D eigenvalue weighted by molar-refractivity contribution is 7.89. The van der Waals surface area contributed by atoms with Crippen molar-refractivity contribution >= 4 is 27.5 Å². The van der Waals surface area contributed by atoms with Crippen LogP contribution in [0.25, 0.3) is 0 Å². The second kappa shape index (κ2) is 10.4. The van der Waals surface area contributed by atoms with E-state index in [0.717, 1.165) is 5.56 Å². The Morgan fingerprint density at radius 1 is 1.21 bits per heavy atom. The van der Waals surface area contributed by atoms with E-state index in [0.29, 0.717) is 12.4 Å². The number of aliphatic hydroxyl groups excluding tert-OH is 1. The molecule has 0 fully saturated rings. The van der Waals surface area contributed by atoms with Gasteiger partial charge in [-0.25, -0.2) is 8.42 Å². The first-order valence-corrected chi connectivity index (χ1v) is 10.6. The largest absolute Gasteiger partial charge is 0.492 e. The summed E-state index contributed by atoms with van der Waals surface area (Å²) in [5, 5.41) is 11.6. The van der Waals surface area contributed by atoms with Crippen molar-refractivity contribution in [1.82, 2.24) is 10.0 Å². The third kappa shape index (κ3) is 6.20. The maximum atomic E-state index is 12.8. The summed E-state index contributed by atoms with van der Waals surface area (Å²) in [6.45, 7) is 1.97. The van der Waals surface area contributed by atoms with Crippen molar-refractivity contribution in [2.24, 2.45) is 0 Å². The van der Waals surface area contributed by atoms with Gasteiger partial charge in [-0.1, -0.05) is 41.9 Å². The summed E-state index contributed by atoms with van der Waals surface area (Å²) < 4.78 is 33.3. The molecule has 1 atom stereocenters. The number of hydrogen-bond acceptors (Lipinski definition) is 5. The van der Waals surface area contributed by atoms with Crippen LogP contribution >= 0.6 is 11.6 Å². The van der Waals surface area contributed by atoms with Crippen molar-refractivity contribution in [3.63, 3.8) is 0 Å². The second-order valence-corrected chi connectivity index (χ2v) is 8.02. The number of halogens is 1. The van der Waals surface area contributed by atoms with Crippen molar-refractivity contribution in [3.05, 3.63) is 59.1 Å². The van der Waals surface area contributed by atoms with Crippen LogP contribution in [0.1, 0.15) is 12.5 Å². The molecular formula is C19H23ClN2O5S. The first-order valence-electron chi connectivity index (χ1n) is 8.74. The zero-order chi connectivity index (χ0) is 20.6. The Morgan fingerprint density at radius 2 is 1.93 bits per heavy atom. The van der Waals surface area contributed by atoms with Gasteiger partial charge in [0.05, 0.1) is 23.1 Å². The van der Waals surface area contributed by atoms with Crippen molar-refractivity contribution in [3.8, 4) is 5.75 Å². The number of nitrogens with one attached hydrogen (secondary N) is 2. The van der Waals surface area contributed by atoms with Crippen molar-refractivity contribution in [2.45, 2.75) is 24.3 Å². The molecule has 0 bridgehead atoms. The fourth-order valence-corrected chi connectivity index (χ4v) is 4.04. The number of rotatable bonds is 10. The quantitative estimate of drug-likeness (QED) is 0.536. The molecular weight excluding hydrogens is 404 g/mol. The number of aliphatic hydroxyl groups is 1. The standard InChI is InChI=1S/C19H23ClN2O5S/c1-2-27-18-9-8-15(13-16(18)20)28(25,26)22-17(19(24)21-10-11-23)12-14-6-4-3-5-7-14/h3-9,13,17,22-23H,2,10-12H2,1H3,(H,21,24)/t17-/m1/s1. The van der Waals surface area contributed by atoms with Crippen LogP contribution < -0.4 is 14.8 Å². The van der Waals surface area contributed by atoms with Crippen LogP contribution in [0.5, 0.6) is 5.75 Å². The van der Waals surface area contributed by atoms with Gasteiger partial charge in [0.2, 0.25) is 15.9 Å². The monoisotopic (exact) mass is 426 g/mol. The number of carbonyl (C=O) groups is 1. The zero-order valence-corrected chi connectivity index (χ0v) is 17.0. The Hall–Kier alpha value is -2.13. The van der Waals surface area contributed by atoms with Gasteiger partial charge in [0.25, 0.3) is 0 Å². The van der Waals surface area contributed by atoms with Gasteiger partial charge in [0, 0.05) is 6.54 Å². The number of hydrogen-bond donors (Lipinski definition) is 3. The Kier molecular flexibility index (Phi) is 8.25. The predicted molar refractivity (Wildman–Crippen MR) is 107 cm³/mol. The molecule has 0 aliphatic rings. The van der Waals surface area contributed by atoms with Crippen molar-refractivity contribution in [1.29, 1.82) is 0 Å². The maximum absolute atomic E-state index is 12.8. The minimum Gasteiger partial charge on any atom is -0.492 e. The van der Waals surface area contributed by atoms with Crippen LogP contribution in [0.3, 0.4) is 0 Å². The number of sulfonamides is 1. The van der Waals surface area contributed by atoms with Crippen LogP contribution in [-0.2, 0) is 21.2 Å². The zero-order valence-electron chi connectivity index (χ0n) is 15.4. The molecule has 7 nitrogen and oxygen atoms in total. The van der Waals surface area contributed by atoms with Crippen LogP contribution in [0.4, 0.5) is 0 Å². The molecule has 0 saturated carbocycles. The molecule has 0 aliphatic heterocycles. The maximum Gasteiger partial charge on any atom is 0.241 e. The molecule has 9 heteroatoms. The fourth-order valence-electron chi connectivity index (χ4n) is 2.52. The smallest absolute Gasteiger partial charge is 0.241 e.